The van der Waals surface area contributed by atoms with Crippen molar-refractivity contribution in [1.29, 1.82) is 0 Å². The number of ether oxygens (including phenoxy) is 1. The van der Waals surface area contributed by atoms with Gasteiger partial charge in [-0.25, -0.2) is 0 Å². The Kier molecular flexibility index (Phi) is 5.66. The normalized spacial score (nSPS) is 20.4. The molecular formula is C27H29N3O2. The third-order valence-electron chi connectivity index (χ3n) is 6.88. The van der Waals surface area contributed by atoms with E-state index in [1.165, 1.54) is 22.3 Å². The van der Waals surface area contributed by atoms with Crippen molar-refractivity contribution in [2.45, 2.75) is 44.9 Å². The number of rotatable bonds is 5. The molecule has 2 aliphatic heterocycles. The largest absolute Gasteiger partial charge is 0.497 e. The molecule has 0 aliphatic carbocycles. The van der Waals surface area contributed by atoms with Crippen molar-refractivity contribution >= 4 is 5.91 Å². The van der Waals surface area contributed by atoms with Gasteiger partial charge in [-0.15, -0.1) is 0 Å². The van der Waals surface area contributed by atoms with Crippen molar-refractivity contribution in [3.63, 3.8) is 0 Å². The predicted molar refractivity (Wildman–Crippen MR) is 124 cm³/mol. The zero-order valence-corrected chi connectivity index (χ0v) is 18.7. The number of aryl methyl sites for hydroxylation is 1. The molecule has 2 aromatic carbocycles. The first-order valence-electron chi connectivity index (χ1n) is 11.3. The molecule has 164 valence electrons. The molecule has 5 heteroatoms. The lowest BCUT2D eigenvalue weighted by Gasteiger charge is -2.32. The average Bonchev–Trinajstić information content (AvgIpc) is 3.45. The van der Waals surface area contributed by atoms with E-state index < -0.39 is 0 Å². The lowest BCUT2D eigenvalue weighted by molar-refractivity contribution is -0.138. The van der Waals surface area contributed by atoms with Crippen LogP contribution in [0.3, 0.4) is 0 Å². The van der Waals surface area contributed by atoms with E-state index in [4.69, 9.17) is 4.74 Å². The van der Waals surface area contributed by atoms with E-state index in [0.29, 0.717) is 6.54 Å². The number of carbonyl (C=O) groups excluding carboxylic acids is 1. The molecule has 2 aliphatic rings. The fourth-order valence-corrected chi connectivity index (χ4v) is 5.17. The summed E-state index contributed by atoms with van der Waals surface area (Å²) in [6, 6.07) is 18.5. The number of methoxy groups -OCH3 is 1. The second-order valence-electron chi connectivity index (χ2n) is 8.77. The Morgan fingerprint density at radius 1 is 1.12 bits per heavy atom. The third-order valence-corrected chi connectivity index (χ3v) is 6.88. The smallest absolute Gasteiger partial charge is 0.245 e. The quantitative estimate of drug-likeness (QED) is 0.586. The number of carbonyl (C=O) groups is 1. The van der Waals surface area contributed by atoms with Crippen molar-refractivity contribution in [2.24, 2.45) is 0 Å². The number of likely N-dealkylation sites (tertiary alicyclic amines) is 1. The van der Waals surface area contributed by atoms with E-state index in [1.807, 2.05) is 36.7 Å². The first-order chi connectivity index (χ1) is 15.7. The van der Waals surface area contributed by atoms with Crippen molar-refractivity contribution in [1.82, 2.24) is 14.8 Å². The number of fused-ring (bicyclic) bond motifs is 1. The van der Waals surface area contributed by atoms with Crippen LogP contribution in [-0.4, -0.2) is 34.3 Å². The summed E-state index contributed by atoms with van der Waals surface area (Å²) in [6.45, 7) is 4.41. The minimum atomic E-state index is -0.265. The van der Waals surface area contributed by atoms with Crippen molar-refractivity contribution in [3.8, 4) is 5.75 Å². The molecule has 1 saturated heterocycles. The van der Waals surface area contributed by atoms with Crippen LogP contribution < -0.4 is 4.74 Å². The Morgan fingerprint density at radius 3 is 2.75 bits per heavy atom. The molecule has 2 atom stereocenters. The Hall–Kier alpha value is -3.18. The van der Waals surface area contributed by atoms with E-state index in [-0.39, 0.29) is 18.0 Å². The maximum absolute atomic E-state index is 14.0. The zero-order valence-electron chi connectivity index (χ0n) is 18.7. The average molecular weight is 428 g/mol. The second kappa shape index (κ2) is 8.75. The van der Waals surface area contributed by atoms with Gasteiger partial charge in [0.25, 0.3) is 0 Å². The zero-order chi connectivity index (χ0) is 22.1. The molecule has 32 heavy (non-hydrogen) atoms. The summed E-state index contributed by atoms with van der Waals surface area (Å²) < 4.78 is 5.46. The molecule has 2 unspecified atom stereocenters. The molecule has 3 heterocycles. The van der Waals surface area contributed by atoms with Crippen molar-refractivity contribution in [3.05, 3.63) is 94.8 Å². The van der Waals surface area contributed by atoms with E-state index in [2.05, 4.69) is 52.0 Å². The number of benzene rings is 2. The molecule has 5 rings (SSSR count). The Morgan fingerprint density at radius 2 is 1.94 bits per heavy atom. The Labute approximate surface area is 189 Å². The molecule has 0 saturated carbocycles. The highest BCUT2D eigenvalue weighted by Crippen LogP contribution is 2.40. The van der Waals surface area contributed by atoms with Gasteiger partial charge in [0.05, 0.1) is 13.2 Å². The van der Waals surface area contributed by atoms with Gasteiger partial charge in [-0.3, -0.25) is 14.7 Å². The SMILES string of the molecule is COc1ccc(C)c(CN2Cc3ccccc3C2C(=O)N2CCCC2c2ccncc2)c1. The van der Waals surface area contributed by atoms with Gasteiger partial charge >= 0.3 is 0 Å². The third kappa shape index (κ3) is 3.78. The lowest BCUT2D eigenvalue weighted by Crippen LogP contribution is -2.39. The number of hydrogen-bond acceptors (Lipinski definition) is 4. The highest BCUT2D eigenvalue weighted by atomic mass is 16.5. The summed E-state index contributed by atoms with van der Waals surface area (Å²) in [5, 5.41) is 0. The summed E-state index contributed by atoms with van der Waals surface area (Å²) in [6.07, 6.45) is 5.67. The summed E-state index contributed by atoms with van der Waals surface area (Å²) >= 11 is 0. The maximum atomic E-state index is 14.0. The molecular weight excluding hydrogens is 398 g/mol. The van der Waals surface area contributed by atoms with Gasteiger partial charge in [0.1, 0.15) is 11.8 Å². The van der Waals surface area contributed by atoms with E-state index in [1.54, 1.807) is 7.11 Å². The van der Waals surface area contributed by atoms with Crippen LogP contribution >= 0.6 is 0 Å². The Bertz CT molecular complexity index is 1110. The van der Waals surface area contributed by atoms with E-state index >= 15 is 0 Å². The minimum Gasteiger partial charge on any atom is -0.497 e. The van der Waals surface area contributed by atoms with Crippen LogP contribution in [0.25, 0.3) is 0 Å². The van der Waals surface area contributed by atoms with Crippen LogP contribution in [0.15, 0.2) is 67.0 Å². The van der Waals surface area contributed by atoms with Gasteiger partial charge in [0, 0.05) is 32.0 Å². The van der Waals surface area contributed by atoms with Crippen molar-refractivity contribution in [2.75, 3.05) is 13.7 Å². The first kappa shape index (κ1) is 20.7. The number of pyridine rings is 1. The van der Waals surface area contributed by atoms with Crippen LogP contribution in [0.5, 0.6) is 5.75 Å². The second-order valence-corrected chi connectivity index (χ2v) is 8.77. The molecule has 0 radical (unpaired) electrons. The fourth-order valence-electron chi connectivity index (χ4n) is 5.17. The molecule has 3 aromatic rings. The van der Waals surface area contributed by atoms with Gasteiger partial charge in [-0.2, -0.15) is 0 Å². The standard InChI is InChI=1S/C27H29N3O2/c1-19-9-10-23(32-2)16-22(19)18-29-17-21-6-3-4-7-24(21)26(29)27(31)30-15-5-8-25(30)20-11-13-28-14-12-20/h3-4,6-7,9-14,16,25-26H,5,8,15,17-18H2,1-2H3. The van der Waals surface area contributed by atoms with Crippen LogP contribution in [0.4, 0.5) is 0 Å². The van der Waals surface area contributed by atoms with Gasteiger partial charge in [-0.05, 0) is 71.8 Å². The topological polar surface area (TPSA) is 45.7 Å². The summed E-state index contributed by atoms with van der Waals surface area (Å²) in [7, 11) is 1.69. The molecule has 1 aromatic heterocycles. The van der Waals surface area contributed by atoms with Crippen LogP contribution in [0, 0.1) is 6.92 Å². The summed E-state index contributed by atoms with van der Waals surface area (Å²) in [5.41, 5.74) is 5.96. The van der Waals surface area contributed by atoms with Gasteiger partial charge < -0.3 is 9.64 Å². The number of nitrogens with zero attached hydrogens (tertiary/aromatic N) is 3. The minimum absolute atomic E-state index is 0.124. The van der Waals surface area contributed by atoms with Crippen LogP contribution in [0.1, 0.15) is 52.7 Å². The predicted octanol–water partition coefficient (Wildman–Crippen LogP) is 4.82. The first-order valence-corrected chi connectivity index (χ1v) is 11.3. The van der Waals surface area contributed by atoms with E-state index in [9.17, 15) is 4.79 Å². The number of aromatic nitrogens is 1. The number of amides is 1. The highest BCUT2D eigenvalue weighted by Gasteiger charge is 2.41. The van der Waals surface area contributed by atoms with E-state index in [0.717, 1.165) is 37.2 Å². The molecule has 0 spiro atoms. The van der Waals surface area contributed by atoms with Gasteiger partial charge in [-0.1, -0.05) is 30.3 Å². The van der Waals surface area contributed by atoms with Gasteiger partial charge in [0.15, 0.2) is 0 Å². The molecule has 1 amide bonds. The van der Waals surface area contributed by atoms with Crippen LogP contribution in [0.2, 0.25) is 0 Å². The molecule has 0 bridgehead atoms. The Balaban J connectivity index is 1.47. The summed E-state index contributed by atoms with van der Waals surface area (Å²) in [5.74, 6) is 1.05. The monoisotopic (exact) mass is 427 g/mol. The molecule has 0 N–H and O–H groups in total. The number of hydrogen-bond donors (Lipinski definition) is 0. The maximum Gasteiger partial charge on any atom is 0.245 e. The highest BCUT2D eigenvalue weighted by molar-refractivity contribution is 5.85. The molecule has 5 nitrogen and oxygen atoms in total. The fraction of sp³-hybridized carbons (Fsp3) is 0.333. The van der Waals surface area contributed by atoms with Gasteiger partial charge in [0.2, 0.25) is 5.91 Å². The summed E-state index contributed by atoms with van der Waals surface area (Å²) in [4.78, 5) is 22.6. The van der Waals surface area contributed by atoms with Crippen LogP contribution in [-0.2, 0) is 17.9 Å². The van der Waals surface area contributed by atoms with Crippen molar-refractivity contribution < 1.29 is 9.53 Å². The lowest BCUT2D eigenvalue weighted by atomic mass is 10.0. The molecule has 1 fully saturated rings.